The van der Waals surface area contributed by atoms with Gasteiger partial charge in [0.2, 0.25) is 10.0 Å². The van der Waals surface area contributed by atoms with Crippen molar-refractivity contribution >= 4 is 21.4 Å². The lowest BCUT2D eigenvalue weighted by Gasteiger charge is -2.26. The summed E-state index contributed by atoms with van der Waals surface area (Å²) < 4.78 is 33.1. The molecule has 0 aliphatic heterocycles. The summed E-state index contributed by atoms with van der Waals surface area (Å²) in [4.78, 5) is 10.7. The molecule has 0 saturated heterocycles. The van der Waals surface area contributed by atoms with Crippen LogP contribution in [0.25, 0.3) is 0 Å². The normalized spacial score (nSPS) is 20.1. The van der Waals surface area contributed by atoms with Crippen LogP contribution < -0.4 is 10.0 Å². The number of nitro benzene ring substituents is 1. The van der Waals surface area contributed by atoms with E-state index in [1.165, 1.54) is 12.1 Å². The van der Waals surface area contributed by atoms with Gasteiger partial charge in [-0.1, -0.05) is 12.1 Å². The molecule has 9 nitrogen and oxygen atoms in total. The highest BCUT2D eigenvalue weighted by molar-refractivity contribution is 7.89. The molecule has 1 aliphatic carbocycles. The summed E-state index contributed by atoms with van der Waals surface area (Å²) in [6.45, 7) is 4.13. The Hall–Kier alpha value is -2.46. The van der Waals surface area contributed by atoms with Crippen molar-refractivity contribution in [3.05, 3.63) is 45.8 Å². The van der Waals surface area contributed by atoms with Crippen LogP contribution in [0.1, 0.15) is 44.1 Å². The summed E-state index contributed by atoms with van der Waals surface area (Å²) >= 11 is 0. The first-order valence-electron chi connectivity index (χ1n) is 9.21. The number of rotatable bonds is 7. The van der Waals surface area contributed by atoms with Gasteiger partial charge in [0.05, 0.1) is 22.1 Å². The number of aromatic nitrogens is 1. The number of nitrogens with zero attached hydrogens (tertiary/aromatic N) is 2. The molecule has 2 aromatic rings. The standard InChI is InChI=1S/C18H24N4O5S/c1-12-3-5-14(6-4-12)21-28(25,26)16-7-8-17(18(10-16)22(23)24)19-11-15-9-13(2)20-27-15/h7-10,12,14,19,21H,3-6,11H2,1-2H3. The van der Waals surface area contributed by atoms with Crippen molar-refractivity contribution in [3.63, 3.8) is 0 Å². The van der Waals surface area contributed by atoms with E-state index in [1.807, 2.05) is 0 Å². The molecule has 1 fully saturated rings. The summed E-state index contributed by atoms with van der Waals surface area (Å²) in [5.74, 6) is 1.12. The van der Waals surface area contributed by atoms with Crippen LogP contribution in [0.2, 0.25) is 0 Å². The molecule has 0 unspecified atom stereocenters. The van der Waals surface area contributed by atoms with Crippen LogP contribution in [0.15, 0.2) is 33.7 Å². The van der Waals surface area contributed by atoms with E-state index >= 15 is 0 Å². The number of anilines is 1. The second-order valence-corrected chi connectivity index (χ2v) is 9.02. The van der Waals surface area contributed by atoms with Crippen LogP contribution in [-0.4, -0.2) is 24.5 Å². The zero-order valence-corrected chi connectivity index (χ0v) is 16.7. The molecule has 0 radical (unpaired) electrons. The molecule has 10 heteroatoms. The minimum atomic E-state index is -3.82. The number of nitrogens with one attached hydrogen (secondary N) is 2. The molecule has 1 aromatic heterocycles. The third-order valence-corrected chi connectivity index (χ3v) is 6.46. The Labute approximate surface area is 163 Å². The SMILES string of the molecule is Cc1cc(CNc2ccc(S(=O)(=O)NC3CCC(C)CC3)cc2[N+](=O)[O-])on1. The molecular weight excluding hydrogens is 384 g/mol. The van der Waals surface area contributed by atoms with Gasteiger partial charge < -0.3 is 9.84 Å². The van der Waals surface area contributed by atoms with E-state index in [2.05, 4.69) is 22.1 Å². The number of benzene rings is 1. The van der Waals surface area contributed by atoms with Gasteiger partial charge in [-0.25, -0.2) is 13.1 Å². The van der Waals surface area contributed by atoms with Gasteiger partial charge in [0.25, 0.3) is 5.69 Å². The Balaban J connectivity index is 1.76. The van der Waals surface area contributed by atoms with E-state index < -0.39 is 14.9 Å². The molecule has 2 N–H and O–H groups in total. The molecule has 1 saturated carbocycles. The molecule has 1 aliphatic rings. The molecule has 28 heavy (non-hydrogen) atoms. The third-order valence-electron chi connectivity index (χ3n) is 4.94. The minimum Gasteiger partial charge on any atom is -0.372 e. The summed E-state index contributed by atoms with van der Waals surface area (Å²) in [6, 6.07) is 5.44. The lowest BCUT2D eigenvalue weighted by Crippen LogP contribution is -2.37. The van der Waals surface area contributed by atoms with Gasteiger partial charge in [0, 0.05) is 18.2 Å². The van der Waals surface area contributed by atoms with Crippen LogP contribution >= 0.6 is 0 Å². The summed E-state index contributed by atoms with van der Waals surface area (Å²) in [5, 5.41) is 18.1. The van der Waals surface area contributed by atoms with Gasteiger partial charge in [0.1, 0.15) is 5.69 Å². The largest absolute Gasteiger partial charge is 0.372 e. The maximum absolute atomic E-state index is 12.7. The molecule has 0 atom stereocenters. The monoisotopic (exact) mass is 408 g/mol. The van der Waals surface area contributed by atoms with Crippen LogP contribution in [0.3, 0.4) is 0 Å². The molecule has 1 aromatic carbocycles. The quantitative estimate of drug-likeness (QED) is 0.531. The fourth-order valence-corrected chi connectivity index (χ4v) is 4.65. The van der Waals surface area contributed by atoms with E-state index in [0.717, 1.165) is 31.7 Å². The Kier molecular flexibility index (Phi) is 5.99. The Bertz CT molecular complexity index is 949. The maximum Gasteiger partial charge on any atom is 0.293 e. The van der Waals surface area contributed by atoms with Gasteiger partial charge in [0.15, 0.2) is 5.76 Å². The highest BCUT2D eigenvalue weighted by Crippen LogP contribution is 2.29. The Morgan fingerprint density at radius 3 is 2.57 bits per heavy atom. The fraction of sp³-hybridized carbons (Fsp3) is 0.500. The lowest BCUT2D eigenvalue weighted by molar-refractivity contribution is -0.384. The van der Waals surface area contributed by atoms with Gasteiger partial charge in [-0.05, 0) is 50.7 Å². The van der Waals surface area contributed by atoms with Crippen molar-refractivity contribution < 1.29 is 17.9 Å². The first-order chi connectivity index (χ1) is 13.2. The zero-order valence-electron chi connectivity index (χ0n) is 15.8. The molecule has 0 bridgehead atoms. The molecule has 152 valence electrons. The smallest absolute Gasteiger partial charge is 0.293 e. The molecule has 3 rings (SSSR count). The second kappa shape index (κ2) is 8.27. The van der Waals surface area contributed by atoms with E-state index in [0.29, 0.717) is 17.4 Å². The van der Waals surface area contributed by atoms with Crippen LogP contribution in [0.4, 0.5) is 11.4 Å². The van der Waals surface area contributed by atoms with Crippen molar-refractivity contribution in [2.24, 2.45) is 5.92 Å². The number of sulfonamides is 1. The summed E-state index contributed by atoms with van der Waals surface area (Å²) in [5.41, 5.74) is 0.608. The minimum absolute atomic E-state index is 0.112. The van der Waals surface area contributed by atoms with Gasteiger partial charge in [-0.3, -0.25) is 10.1 Å². The Morgan fingerprint density at radius 1 is 1.25 bits per heavy atom. The van der Waals surface area contributed by atoms with Crippen molar-refractivity contribution in [3.8, 4) is 0 Å². The van der Waals surface area contributed by atoms with Gasteiger partial charge >= 0.3 is 0 Å². The average molecular weight is 408 g/mol. The highest BCUT2D eigenvalue weighted by Gasteiger charge is 2.26. The maximum atomic E-state index is 12.7. The lowest BCUT2D eigenvalue weighted by atomic mass is 9.88. The summed E-state index contributed by atoms with van der Waals surface area (Å²) in [6.07, 6.45) is 3.49. The van der Waals surface area contributed by atoms with E-state index in [-0.39, 0.29) is 28.9 Å². The topological polar surface area (TPSA) is 127 Å². The predicted molar refractivity (Wildman–Crippen MR) is 103 cm³/mol. The van der Waals surface area contributed by atoms with Crippen molar-refractivity contribution in [2.75, 3.05) is 5.32 Å². The zero-order chi connectivity index (χ0) is 20.3. The molecular formula is C18H24N4O5S. The van der Waals surface area contributed by atoms with E-state index in [4.69, 9.17) is 4.52 Å². The van der Waals surface area contributed by atoms with Crippen molar-refractivity contribution in [1.82, 2.24) is 9.88 Å². The fourth-order valence-electron chi connectivity index (χ4n) is 3.33. The van der Waals surface area contributed by atoms with Crippen LogP contribution in [0.5, 0.6) is 0 Å². The third kappa shape index (κ3) is 4.87. The van der Waals surface area contributed by atoms with E-state index in [1.54, 1.807) is 13.0 Å². The molecule has 0 amide bonds. The molecule has 1 heterocycles. The van der Waals surface area contributed by atoms with E-state index in [9.17, 15) is 18.5 Å². The van der Waals surface area contributed by atoms with Gasteiger partial charge in [-0.2, -0.15) is 0 Å². The first-order valence-corrected chi connectivity index (χ1v) is 10.7. The average Bonchev–Trinajstić information content (AvgIpc) is 3.07. The van der Waals surface area contributed by atoms with Gasteiger partial charge in [-0.15, -0.1) is 0 Å². The highest BCUT2D eigenvalue weighted by atomic mass is 32.2. The molecule has 0 spiro atoms. The number of aryl methyl sites for hydroxylation is 1. The van der Waals surface area contributed by atoms with Crippen molar-refractivity contribution in [2.45, 2.75) is 57.0 Å². The number of hydrogen-bond acceptors (Lipinski definition) is 7. The number of hydrogen-bond donors (Lipinski definition) is 2. The van der Waals surface area contributed by atoms with Crippen molar-refractivity contribution in [1.29, 1.82) is 0 Å². The van der Waals surface area contributed by atoms with Crippen LogP contribution in [-0.2, 0) is 16.6 Å². The summed E-state index contributed by atoms with van der Waals surface area (Å²) in [7, 11) is -3.82. The number of nitro groups is 1. The second-order valence-electron chi connectivity index (χ2n) is 7.30. The first kappa shape index (κ1) is 20.3. The predicted octanol–water partition coefficient (Wildman–Crippen LogP) is 3.36. The Morgan fingerprint density at radius 2 is 1.96 bits per heavy atom. The van der Waals surface area contributed by atoms with Crippen LogP contribution in [0, 0.1) is 23.0 Å².